The molecule has 0 amide bonds. The maximum atomic E-state index is 14.0. The van der Waals surface area contributed by atoms with E-state index in [4.69, 9.17) is 0 Å². The number of nitrogens with one attached hydrogen (secondary N) is 1. The quantitative estimate of drug-likeness (QED) is 0.642. The lowest BCUT2D eigenvalue weighted by Gasteiger charge is -2.14. The van der Waals surface area contributed by atoms with Crippen molar-refractivity contribution < 1.29 is 13.6 Å². The first-order chi connectivity index (χ1) is 12.4. The number of halogens is 2. The lowest BCUT2D eigenvalue weighted by atomic mass is 10.1. The van der Waals surface area contributed by atoms with Gasteiger partial charge in [-0.15, -0.1) is 11.3 Å². The molecule has 0 fully saturated rings. The number of rotatable bonds is 6. The molecule has 3 aromatic rings. The van der Waals surface area contributed by atoms with Crippen molar-refractivity contribution in [3.8, 4) is 5.69 Å². The fraction of sp³-hybridized carbons (Fsp3) is 0.263. The van der Waals surface area contributed by atoms with Crippen molar-refractivity contribution in [1.82, 2.24) is 15.1 Å². The fourth-order valence-corrected chi connectivity index (χ4v) is 3.59. The number of nitrogens with zero attached hydrogens (tertiary/aromatic N) is 2. The van der Waals surface area contributed by atoms with E-state index >= 15 is 0 Å². The van der Waals surface area contributed by atoms with Crippen molar-refractivity contribution in [2.45, 2.75) is 33.4 Å². The molecule has 0 aliphatic carbocycles. The predicted molar refractivity (Wildman–Crippen MR) is 97.8 cm³/mol. The molecule has 0 bridgehead atoms. The van der Waals surface area contributed by atoms with Crippen molar-refractivity contribution in [1.29, 1.82) is 0 Å². The van der Waals surface area contributed by atoms with E-state index in [0.717, 1.165) is 27.8 Å². The topological polar surface area (TPSA) is 46.9 Å². The minimum Gasteiger partial charge on any atom is -0.306 e. The maximum absolute atomic E-state index is 14.0. The normalized spacial score (nSPS) is 12.3. The summed E-state index contributed by atoms with van der Waals surface area (Å²) in [4.78, 5) is 12.1. The summed E-state index contributed by atoms with van der Waals surface area (Å²) in [6, 6.07) is 5.30. The van der Waals surface area contributed by atoms with Gasteiger partial charge >= 0.3 is 0 Å². The maximum Gasteiger partial charge on any atom is 0.169 e. The van der Waals surface area contributed by atoms with Gasteiger partial charge in [-0.2, -0.15) is 5.10 Å². The molecule has 2 heterocycles. The third-order valence-corrected chi connectivity index (χ3v) is 5.35. The van der Waals surface area contributed by atoms with Crippen molar-refractivity contribution in [2.75, 3.05) is 0 Å². The summed E-state index contributed by atoms with van der Waals surface area (Å²) < 4.78 is 28.6. The molecule has 0 spiro atoms. The molecule has 0 aliphatic rings. The standard InChI is InChI=1S/C19H19F2N3OS/c1-11(22-8-14-6-19(13(3)25)26-10-14)16-9-23-24(12(16)2)18-5-4-15(20)7-17(18)21/h4-7,9-11,22H,8H2,1-3H3. The molecule has 3 rings (SSSR count). The van der Waals surface area contributed by atoms with Gasteiger partial charge in [0.1, 0.15) is 11.5 Å². The Balaban J connectivity index is 1.75. The zero-order valence-electron chi connectivity index (χ0n) is 14.7. The number of Topliss-reactive ketones (excluding diaryl/α,β-unsaturated/α-hetero) is 1. The molecule has 7 heteroatoms. The SMILES string of the molecule is CC(=O)c1cc(CNC(C)c2cnn(-c3ccc(F)cc3F)c2C)cs1. The van der Waals surface area contributed by atoms with E-state index in [1.165, 1.54) is 28.2 Å². The third kappa shape index (κ3) is 3.73. The van der Waals surface area contributed by atoms with Crippen LogP contribution in [0.5, 0.6) is 0 Å². The van der Waals surface area contributed by atoms with Crippen LogP contribution < -0.4 is 5.32 Å². The van der Waals surface area contributed by atoms with Gasteiger partial charge in [-0.1, -0.05) is 0 Å². The Kier molecular flexibility index (Phi) is 5.29. The van der Waals surface area contributed by atoms with Crippen LogP contribution in [0.3, 0.4) is 0 Å². The van der Waals surface area contributed by atoms with Crippen molar-refractivity contribution in [3.05, 3.63) is 69.2 Å². The Morgan fingerprint density at radius 1 is 1.35 bits per heavy atom. The number of carbonyl (C=O) groups is 1. The van der Waals surface area contributed by atoms with Gasteiger partial charge < -0.3 is 5.32 Å². The minimum absolute atomic E-state index is 0.0204. The van der Waals surface area contributed by atoms with E-state index in [0.29, 0.717) is 6.54 Å². The van der Waals surface area contributed by atoms with Gasteiger partial charge in [0.15, 0.2) is 11.6 Å². The highest BCUT2D eigenvalue weighted by atomic mass is 32.1. The van der Waals surface area contributed by atoms with E-state index in [-0.39, 0.29) is 17.5 Å². The van der Waals surface area contributed by atoms with Crippen LogP contribution in [0.4, 0.5) is 8.78 Å². The predicted octanol–water partition coefficient (Wildman–Crippen LogP) is 4.57. The van der Waals surface area contributed by atoms with Crippen molar-refractivity contribution in [3.63, 3.8) is 0 Å². The number of aromatic nitrogens is 2. The zero-order valence-corrected chi connectivity index (χ0v) is 15.5. The summed E-state index contributed by atoms with van der Waals surface area (Å²) in [5, 5.41) is 9.60. The Morgan fingerprint density at radius 3 is 2.77 bits per heavy atom. The first-order valence-corrected chi connectivity index (χ1v) is 9.06. The van der Waals surface area contributed by atoms with Gasteiger partial charge in [0, 0.05) is 29.9 Å². The summed E-state index contributed by atoms with van der Waals surface area (Å²) in [5.41, 5.74) is 2.97. The number of hydrogen-bond acceptors (Lipinski definition) is 4. The van der Waals surface area contributed by atoms with E-state index in [1.54, 1.807) is 13.1 Å². The minimum atomic E-state index is -0.654. The molecule has 136 valence electrons. The molecule has 1 N–H and O–H groups in total. The molecule has 0 saturated carbocycles. The molecule has 0 radical (unpaired) electrons. The van der Waals surface area contributed by atoms with Gasteiger partial charge in [-0.25, -0.2) is 13.5 Å². The zero-order chi connectivity index (χ0) is 18.8. The van der Waals surface area contributed by atoms with Gasteiger partial charge in [0.2, 0.25) is 0 Å². The first kappa shape index (κ1) is 18.4. The van der Waals surface area contributed by atoms with E-state index in [1.807, 2.05) is 25.3 Å². The van der Waals surface area contributed by atoms with Gasteiger partial charge in [0.05, 0.1) is 11.1 Å². The average molecular weight is 375 g/mol. The summed E-state index contributed by atoms with van der Waals surface area (Å²) >= 11 is 1.43. The summed E-state index contributed by atoms with van der Waals surface area (Å²) in [5.74, 6) is -1.21. The van der Waals surface area contributed by atoms with E-state index < -0.39 is 11.6 Å². The number of hydrogen-bond donors (Lipinski definition) is 1. The Labute approximate surface area is 154 Å². The van der Waals surface area contributed by atoms with E-state index in [2.05, 4.69) is 10.4 Å². The van der Waals surface area contributed by atoms with Crippen LogP contribution in [-0.4, -0.2) is 15.6 Å². The van der Waals surface area contributed by atoms with Crippen LogP contribution >= 0.6 is 11.3 Å². The van der Waals surface area contributed by atoms with Crippen LogP contribution in [0.25, 0.3) is 5.69 Å². The molecule has 2 aromatic heterocycles. The second-order valence-electron chi connectivity index (χ2n) is 6.17. The highest BCUT2D eigenvalue weighted by molar-refractivity contribution is 7.12. The second kappa shape index (κ2) is 7.47. The molecule has 4 nitrogen and oxygen atoms in total. The smallest absolute Gasteiger partial charge is 0.169 e. The molecule has 1 aromatic carbocycles. The number of ketones is 1. The number of thiophene rings is 1. The van der Waals surface area contributed by atoms with Crippen LogP contribution in [0, 0.1) is 18.6 Å². The number of carbonyl (C=O) groups excluding carboxylic acids is 1. The number of benzene rings is 1. The highest BCUT2D eigenvalue weighted by Gasteiger charge is 2.16. The van der Waals surface area contributed by atoms with Crippen LogP contribution in [0.2, 0.25) is 0 Å². The Morgan fingerprint density at radius 2 is 2.12 bits per heavy atom. The second-order valence-corrected chi connectivity index (χ2v) is 7.08. The summed E-state index contributed by atoms with van der Waals surface area (Å²) in [6.45, 7) is 6.01. The molecular weight excluding hydrogens is 356 g/mol. The monoisotopic (exact) mass is 375 g/mol. The highest BCUT2D eigenvalue weighted by Crippen LogP contribution is 2.23. The molecular formula is C19H19F2N3OS. The lowest BCUT2D eigenvalue weighted by molar-refractivity contribution is 0.102. The average Bonchev–Trinajstić information content (AvgIpc) is 3.20. The molecule has 1 unspecified atom stereocenters. The van der Waals surface area contributed by atoms with Gasteiger partial charge in [-0.05, 0) is 49.9 Å². The van der Waals surface area contributed by atoms with Crippen LogP contribution in [0.1, 0.15) is 46.4 Å². The largest absolute Gasteiger partial charge is 0.306 e. The Bertz CT molecular complexity index is 948. The Hall–Kier alpha value is -2.38. The van der Waals surface area contributed by atoms with Gasteiger partial charge in [-0.3, -0.25) is 4.79 Å². The third-order valence-electron chi connectivity index (χ3n) is 4.27. The first-order valence-electron chi connectivity index (χ1n) is 8.18. The molecule has 1 atom stereocenters. The molecule has 0 aliphatic heterocycles. The fourth-order valence-electron chi connectivity index (χ4n) is 2.78. The molecule has 26 heavy (non-hydrogen) atoms. The van der Waals surface area contributed by atoms with Crippen LogP contribution in [-0.2, 0) is 6.54 Å². The lowest BCUT2D eigenvalue weighted by Crippen LogP contribution is -2.18. The van der Waals surface area contributed by atoms with Crippen molar-refractivity contribution in [2.24, 2.45) is 0 Å². The van der Waals surface area contributed by atoms with Crippen molar-refractivity contribution >= 4 is 17.1 Å². The van der Waals surface area contributed by atoms with E-state index in [9.17, 15) is 13.6 Å². The van der Waals surface area contributed by atoms with Gasteiger partial charge in [0.25, 0.3) is 0 Å². The van der Waals surface area contributed by atoms with Crippen LogP contribution in [0.15, 0.2) is 35.8 Å². The molecule has 0 saturated heterocycles. The summed E-state index contributed by atoms with van der Waals surface area (Å²) in [6.07, 6.45) is 1.68. The summed E-state index contributed by atoms with van der Waals surface area (Å²) in [7, 11) is 0.